The van der Waals surface area contributed by atoms with Crippen molar-refractivity contribution in [3.8, 4) is 159 Å². The largest absolute Gasteiger partial charge is 0.228 e. The summed E-state index contributed by atoms with van der Waals surface area (Å²) in [7, 11) is 0. The first-order chi connectivity index (χ1) is 62.4. The maximum atomic E-state index is 6.22. The Balaban J connectivity index is 0.000000112. The number of halogens is 5. The fourth-order valence-electron chi connectivity index (χ4n) is 13.7. The molecule has 0 aliphatic heterocycles. The van der Waals surface area contributed by atoms with Crippen molar-refractivity contribution in [3.63, 3.8) is 0 Å². The molecule has 0 saturated carbocycles. The summed E-state index contributed by atoms with van der Waals surface area (Å²) >= 11 is 20.2. The standard InChI is InChI=1S/C23H14ClN3.2C22H15BrN2.2C21H14BrN3/c24-23-26-21(19-11-9-15-5-1-3-7-17(15)13-19)25-22(27-23)20-12-10-16-6-2-4-8-18(16)14-20;23-19-13-11-17(12-14-19)21-15-20(16-7-3-1-4-8-16)24-22(25-21)18-9-5-2-6-10-18;23-19-13-11-18(12-14-19)22-24-20(16-7-3-1-4-8-16)15-21(25-22)17-9-5-2-6-10-17;22-18-13-7-12-17(14-18)21-24-19(15-8-3-1-4-9-15)23-20(25-21)16-10-5-2-6-11-16;22-18-13-11-17(12-14-18)21-24-19(15-7-3-1-4-8-15)23-20(25-21)16-9-5-2-6-10-16/h1-14H;2*1-15H;2*1-14H. The number of benzene rings is 16. The van der Waals surface area contributed by atoms with Gasteiger partial charge in [-0.05, 0) is 106 Å². The Morgan fingerprint density at radius 2 is 0.331 bits per heavy atom. The molecule has 21 rings (SSSR count). The van der Waals surface area contributed by atoms with Gasteiger partial charge in [-0.2, -0.15) is 9.97 Å². The van der Waals surface area contributed by atoms with E-state index in [4.69, 9.17) is 51.5 Å². The summed E-state index contributed by atoms with van der Waals surface area (Å²) in [5, 5.41) is 4.82. The van der Waals surface area contributed by atoms with Gasteiger partial charge in [0.15, 0.2) is 58.2 Å². The average Bonchev–Trinajstić information content (AvgIpc) is 0.797. The number of hydrogen-bond acceptors (Lipinski definition) is 13. The maximum Gasteiger partial charge on any atom is 0.226 e. The van der Waals surface area contributed by atoms with Crippen LogP contribution in [-0.2, 0) is 0 Å². The molecule has 608 valence electrons. The molecule has 0 aliphatic carbocycles. The molecule has 0 saturated heterocycles. The van der Waals surface area contributed by atoms with E-state index >= 15 is 0 Å². The van der Waals surface area contributed by atoms with E-state index in [-0.39, 0.29) is 5.28 Å². The van der Waals surface area contributed by atoms with E-state index in [1.807, 2.05) is 340 Å². The highest BCUT2D eigenvalue weighted by atomic mass is 79.9. The van der Waals surface area contributed by atoms with Gasteiger partial charge < -0.3 is 0 Å². The van der Waals surface area contributed by atoms with E-state index in [1.165, 1.54) is 10.8 Å². The number of nitrogens with zero attached hydrogens (tertiary/aromatic N) is 13. The molecule has 127 heavy (non-hydrogen) atoms. The minimum Gasteiger partial charge on any atom is -0.228 e. The molecule has 0 unspecified atom stereocenters. The SMILES string of the molecule is Brc1ccc(-c2cc(-c3ccccc3)nc(-c3ccccc3)n2)cc1.Brc1ccc(-c2nc(-c3ccccc3)cc(-c3ccccc3)n2)cc1.Brc1ccc(-c2nc(-c3ccccc3)nc(-c3ccccc3)n2)cc1.Brc1cccc(-c2nc(-c3ccccc3)nc(-c3ccccc3)n2)c1.Clc1nc(-c2ccc3ccccc3c2)nc(-c2ccc3ccccc3c2)n1. The quantitative estimate of drug-likeness (QED) is 0.101. The summed E-state index contributed by atoms with van der Waals surface area (Å²) in [4.78, 5) is 60.7. The molecule has 5 aromatic heterocycles. The van der Waals surface area contributed by atoms with Crippen LogP contribution in [0, 0.1) is 0 Å². The third kappa shape index (κ3) is 22.2. The van der Waals surface area contributed by atoms with E-state index in [1.54, 1.807) is 0 Å². The van der Waals surface area contributed by atoms with Gasteiger partial charge in [0, 0.05) is 95.8 Å². The van der Waals surface area contributed by atoms with Crippen molar-refractivity contribution >= 4 is 96.9 Å². The Labute approximate surface area is 773 Å². The van der Waals surface area contributed by atoms with Gasteiger partial charge in [-0.25, -0.2) is 54.8 Å². The van der Waals surface area contributed by atoms with Crippen LogP contribution in [0.2, 0.25) is 5.28 Å². The Morgan fingerprint density at radius 1 is 0.134 bits per heavy atom. The lowest BCUT2D eigenvalue weighted by Gasteiger charge is -2.09. The Bertz CT molecular complexity index is 6550. The van der Waals surface area contributed by atoms with Crippen LogP contribution in [0.5, 0.6) is 0 Å². The van der Waals surface area contributed by atoms with Crippen molar-refractivity contribution in [2.75, 3.05) is 0 Å². The van der Waals surface area contributed by atoms with Gasteiger partial charge in [-0.15, -0.1) is 0 Å². The predicted octanol–water partition coefficient (Wildman–Crippen LogP) is 29.9. The van der Waals surface area contributed by atoms with Gasteiger partial charge in [-0.3, -0.25) is 0 Å². The summed E-state index contributed by atoms with van der Waals surface area (Å²) in [6.45, 7) is 0. The first-order valence-corrected chi connectivity index (χ1v) is 44.2. The summed E-state index contributed by atoms with van der Waals surface area (Å²) in [5.74, 6) is 6.63. The third-order valence-electron chi connectivity index (χ3n) is 20.1. The van der Waals surface area contributed by atoms with Gasteiger partial charge in [0.05, 0.1) is 22.8 Å². The minimum absolute atomic E-state index is 0.191. The monoisotopic (exact) mass is 1910 g/mol. The molecule has 0 radical (unpaired) electrons. The lowest BCUT2D eigenvalue weighted by Crippen LogP contribution is -2.00. The normalized spacial score (nSPS) is 10.7. The highest BCUT2D eigenvalue weighted by molar-refractivity contribution is 9.11. The fraction of sp³-hybridized carbons (Fsp3) is 0. The highest BCUT2D eigenvalue weighted by Gasteiger charge is 2.18. The van der Waals surface area contributed by atoms with Crippen molar-refractivity contribution in [1.82, 2.24) is 64.8 Å². The number of aromatic nitrogens is 13. The zero-order valence-corrected chi connectivity index (χ0v) is 74.9. The van der Waals surface area contributed by atoms with E-state index < -0.39 is 0 Å². The summed E-state index contributed by atoms with van der Waals surface area (Å²) < 4.78 is 4.11. The van der Waals surface area contributed by atoms with Crippen LogP contribution in [-0.4, -0.2) is 64.8 Å². The molecule has 21 aromatic rings. The van der Waals surface area contributed by atoms with Crippen molar-refractivity contribution in [1.29, 1.82) is 0 Å². The first-order valence-electron chi connectivity index (χ1n) is 40.6. The summed E-state index contributed by atoms with van der Waals surface area (Å²) in [5.41, 5.74) is 17.6. The second-order valence-electron chi connectivity index (χ2n) is 28.9. The van der Waals surface area contributed by atoms with Crippen LogP contribution in [0.1, 0.15) is 0 Å². The number of hydrogen-bond donors (Lipinski definition) is 0. The van der Waals surface area contributed by atoms with Gasteiger partial charge in [0.1, 0.15) is 0 Å². The van der Waals surface area contributed by atoms with Gasteiger partial charge in [0.2, 0.25) is 5.28 Å². The van der Waals surface area contributed by atoms with Crippen LogP contribution in [0.4, 0.5) is 0 Å². The number of rotatable bonds is 14. The van der Waals surface area contributed by atoms with E-state index in [2.05, 4.69) is 186 Å². The molecule has 0 atom stereocenters. The average molecular weight is 1920 g/mol. The van der Waals surface area contributed by atoms with E-state index in [9.17, 15) is 0 Å². The predicted molar refractivity (Wildman–Crippen MR) is 530 cm³/mol. The van der Waals surface area contributed by atoms with E-state index in [0.717, 1.165) is 141 Å². The third-order valence-corrected chi connectivity index (χ3v) is 22.4. The number of fused-ring (bicyclic) bond motifs is 2. The molecule has 0 bridgehead atoms. The fourth-order valence-corrected chi connectivity index (χ4v) is 15.1. The summed E-state index contributed by atoms with van der Waals surface area (Å²) in [6, 6.07) is 146. The van der Waals surface area contributed by atoms with Crippen LogP contribution >= 0.6 is 75.3 Å². The van der Waals surface area contributed by atoms with Crippen LogP contribution < -0.4 is 0 Å². The second-order valence-corrected chi connectivity index (χ2v) is 32.9. The lowest BCUT2D eigenvalue weighted by molar-refractivity contribution is 1.07. The molecule has 0 aliphatic rings. The molecule has 16 aromatic carbocycles. The molecule has 0 amide bonds. The van der Waals surface area contributed by atoms with E-state index in [0.29, 0.717) is 46.6 Å². The topological polar surface area (TPSA) is 168 Å². The molecule has 0 N–H and O–H groups in total. The van der Waals surface area contributed by atoms with Crippen molar-refractivity contribution in [2.45, 2.75) is 0 Å². The van der Waals surface area contributed by atoms with Crippen LogP contribution in [0.3, 0.4) is 0 Å². The van der Waals surface area contributed by atoms with Crippen LogP contribution in [0.25, 0.3) is 180 Å². The molecule has 0 spiro atoms. The zero-order chi connectivity index (χ0) is 86.5. The van der Waals surface area contributed by atoms with Gasteiger partial charge in [0.25, 0.3) is 0 Å². The van der Waals surface area contributed by atoms with Gasteiger partial charge in [-0.1, -0.05) is 428 Å². The lowest BCUT2D eigenvalue weighted by atomic mass is 10.1. The van der Waals surface area contributed by atoms with Crippen molar-refractivity contribution in [3.05, 3.63) is 460 Å². The minimum atomic E-state index is 0.191. The summed E-state index contributed by atoms with van der Waals surface area (Å²) in [6.07, 6.45) is 0. The van der Waals surface area contributed by atoms with Crippen molar-refractivity contribution in [2.24, 2.45) is 0 Å². The molecular weight excluding hydrogens is 1850 g/mol. The first kappa shape index (κ1) is 84.6. The molecule has 0 fully saturated rings. The van der Waals surface area contributed by atoms with Crippen LogP contribution in [0.15, 0.2) is 455 Å². The molecule has 5 heterocycles. The van der Waals surface area contributed by atoms with Crippen molar-refractivity contribution < 1.29 is 0 Å². The smallest absolute Gasteiger partial charge is 0.226 e. The van der Waals surface area contributed by atoms with Gasteiger partial charge >= 0.3 is 0 Å². The Hall–Kier alpha value is -14.6. The second kappa shape index (κ2) is 41.3. The Kier molecular flexibility index (Phi) is 27.5. The highest BCUT2D eigenvalue weighted by Crippen LogP contribution is 2.35. The zero-order valence-electron chi connectivity index (χ0n) is 67.8. The molecular formula is C109H72Br4ClN13. The molecule has 18 heteroatoms. The maximum absolute atomic E-state index is 6.22. The Morgan fingerprint density at radius 3 is 0.614 bits per heavy atom. The molecule has 13 nitrogen and oxygen atoms in total.